The lowest BCUT2D eigenvalue weighted by molar-refractivity contribution is 0.430. The Bertz CT molecular complexity index is 232. The second-order valence-electron chi connectivity index (χ2n) is 3.16. The molecule has 1 aliphatic rings. The monoisotopic (exact) mass is 215 g/mol. The molecule has 2 rings (SSSR count). The molecule has 0 saturated carbocycles. The van der Waals surface area contributed by atoms with Crippen molar-refractivity contribution in [3.63, 3.8) is 0 Å². The van der Waals surface area contributed by atoms with Crippen LogP contribution in [-0.2, 0) is 0 Å². The number of nitrogens with one attached hydrogen (secondary N) is 1. The highest BCUT2D eigenvalue weighted by Gasteiger charge is 2.12. The van der Waals surface area contributed by atoms with E-state index >= 15 is 0 Å². The van der Waals surface area contributed by atoms with Gasteiger partial charge in [-0.15, -0.1) is 10.2 Å². The van der Waals surface area contributed by atoms with Crippen LogP contribution in [0.15, 0.2) is 9.85 Å². The molecular formula is C8H13N3S2. The second kappa shape index (κ2) is 4.93. The van der Waals surface area contributed by atoms with Crippen molar-refractivity contribution < 1.29 is 0 Å². The van der Waals surface area contributed by atoms with Gasteiger partial charge in [0.1, 0.15) is 5.51 Å². The van der Waals surface area contributed by atoms with Crippen LogP contribution >= 0.6 is 23.1 Å². The van der Waals surface area contributed by atoms with Gasteiger partial charge in [-0.3, -0.25) is 0 Å². The number of thioether (sulfide) groups is 1. The molecule has 5 heteroatoms. The van der Waals surface area contributed by atoms with Crippen LogP contribution in [0.3, 0.4) is 0 Å². The third-order valence-electron chi connectivity index (χ3n) is 2.16. The summed E-state index contributed by atoms with van der Waals surface area (Å²) in [5.74, 6) is 1.13. The summed E-state index contributed by atoms with van der Waals surface area (Å²) in [6.45, 7) is 1.18. The van der Waals surface area contributed by atoms with Crippen LogP contribution in [0.5, 0.6) is 0 Å². The van der Waals surface area contributed by atoms with Crippen LogP contribution in [0, 0.1) is 0 Å². The van der Waals surface area contributed by atoms with Crippen LogP contribution in [0.4, 0.5) is 0 Å². The first-order valence-electron chi connectivity index (χ1n) is 4.57. The van der Waals surface area contributed by atoms with Crippen LogP contribution in [0.25, 0.3) is 0 Å². The largest absolute Gasteiger partial charge is 0.313 e. The van der Waals surface area contributed by atoms with Crippen LogP contribution in [-0.4, -0.2) is 28.5 Å². The van der Waals surface area contributed by atoms with Crippen molar-refractivity contribution in [1.29, 1.82) is 0 Å². The zero-order valence-corrected chi connectivity index (χ0v) is 9.03. The van der Waals surface area contributed by atoms with Crippen molar-refractivity contribution in [2.75, 3.05) is 12.3 Å². The molecule has 0 aromatic carbocycles. The lowest BCUT2D eigenvalue weighted by Crippen LogP contribution is -2.35. The van der Waals surface area contributed by atoms with E-state index < -0.39 is 0 Å². The Hall–Kier alpha value is -0.130. The normalized spacial score (nSPS) is 23.2. The Balaban J connectivity index is 1.72. The van der Waals surface area contributed by atoms with Gasteiger partial charge in [-0.2, -0.15) is 0 Å². The van der Waals surface area contributed by atoms with E-state index in [0.717, 1.165) is 10.1 Å². The highest BCUT2D eigenvalue weighted by atomic mass is 32.2. The molecule has 2 heterocycles. The topological polar surface area (TPSA) is 37.8 Å². The smallest absolute Gasteiger partial charge is 0.174 e. The van der Waals surface area contributed by atoms with Gasteiger partial charge in [-0.25, -0.2) is 0 Å². The Labute approximate surface area is 86.3 Å². The molecule has 13 heavy (non-hydrogen) atoms. The molecule has 1 atom stereocenters. The summed E-state index contributed by atoms with van der Waals surface area (Å²) in [7, 11) is 0. The van der Waals surface area contributed by atoms with E-state index in [1.807, 2.05) is 11.8 Å². The number of hydrogen-bond donors (Lipinski definition) is 1. The highest BCUT2D eigenvalue weighted by molar-refractivity contribution is 8.01. The van der Waals surface area contributed by atoms with Crippen LogP contribution < -0.4 is 5.32 Å². The predicted octanol–water partition coefficient (Wildman–Crippen LogP) is 1.77. The molecule has 1 unspecified atom stereocenters. The summed E-state index contributed by atoms with van der Waals surface area (Å²) in [6.07, 6.45) is 4.01. The number of nitrogens with zero attached hydrogens (tertiary/aromatic N) is 2. The minimum absolute atomic E-state index is 0.683. The zero-order chi connectivity index (χ0) is 8.93. The molecule has 0 bridgehead atoms. The third-order valence-corrected chi connectivity index (χ3v) is 4.18. The second-order valence-corrected chi connectivity index (χ2v) is 5.26. The van der Waals surface area contributed by atoms with E-state index in [1.54, 1.807) is 16.8 Å². The third kappa shape index (κ3) is 2.93. The van der Waals surface area contributed by atoms with Crippen LogP contribution in [0.1, 0.15) is 19.3 Å². The lowest BCUT2D eigenvalue weighted by atomic mass is 10.1. The minimum atomic E-state index is 0.683. The maximum Gasteiger partial charge on any atom is 0.174 e. The van der Waals surface area contributed by atoms with Gasteiger partial charge in [0.25, 0.3) is 0 Å². The predicted molar refractivity (Wildman–Crippen MR) is 56.3 cm³/mol. The molecule has 1 N–H and O–H groups in total. The molecule has 3 nitrogen and oxygen atoms in total. The Morgan fingerprint density at radius 3 is 3.31 bits per heavy atom. The van der Waals surface area contributed by atoms with Crippen molar-refractivity contribution in [3.8, 4) is 0 Å². The summed E-state index contributed by atoms with van der Waals surface area (Å²) in [5, 5.41) is 11.3. The summed E-state index contributed by atoms with van der Waals surface area (Å²) < 4.78 is 1.09. The maximum absolute atomic E-state index is 4.00. The van der Waals surface area contributed by atoms with Crippen molar-refractivity contribution in [3.05, 3.63) is 5.51 Å². The van der Waals surface area contributed by atoms with E-state index in [4.69, 9.17) is 0 Å². The molecule has 72 valence electrons. The first-order valence-corrected chi connectivity index (χ1v) is 6.44. The zero-order valence-electron chi connectivity index (χ0n) is 7.40. The van der Waals surface area contributed by atoms with E-state index in [1.165, 1.54) is 25.8 Å². The number of rotatable bonds is 3. The molecule has 1 aromatic rings. The maximum atomic E-state index is 4.00. The molecule has 0 aliphatic carbocycles. The lowest BCUT2D eigenvalue weighted by Gasteiger charge is -2.22. The van der Waals surface area contributed by atoms with E-state index in [2.05, 4.69) is 15.5 Å². The quantitative estimate of drug-likeness (QED) is 0.780. The van der Waals surface area contributed by atoms with Crippen molar-refractivity contribution in [2.45, 2.75) is 29.6 Å². The molecular weight excluding hydrogens is 202 g/mol. The molecule has 0 spiro atoms. The standard InChI is InChI=1S/C8H13N3S2/c1-2-4-9-7(3-1)5-12-8-11-10-6-13-8/h6-7,9H,1-5H2. The molecule has 0 radical (unpaired) electrons. The molecule has 1 fully saturated rings. The van der Waals surface area contributed by atoms with E-state index in [9.17, 15) is 0 Å². The Morgan fingerprint density at radius 1 is 1.62 bits per heavy atom. The van der Waals surface area contributed by atoms with Crippen LogP contribution in [0.2, 0.25) is 0 Å². The van der Waals surface area contributed by atoms with Gasteiger partial charge < -0.3 is 5.32 Å². The fraction of sp³-hybridized carbons (Fsp3) is 0.750. The average Bonchev–Trinajstić information content (AvgIpc) is 2.69. The van der Waals surface area contributed by atoms with E-state index in [-0.39, 0.29) is 0 Å². The van der Waals surface area contributed by atoms with Gasteiger partial charge >= 0.3 is 0 Å². The fourth-order valence-corrected chi connectivity index (χ4v) is 3.08. The first kappa shape index (κ1) is 9.43. The van der Waals surface area contributed by atoms with Crippen molar-refractivity contribution in [1.82, 2.24) is 15.5 Å². The van der Waals surface area contributed by atoms with Gasteiger partial charge in [0.2, 0.25) is 0 Å². The summed E-state index contributed by atoms with van der Waals surface area (Å²) in [5.41, 5.74) is 1.79. The molecule has 1 aromatic heterocycles. The number of piperidine rings is 1. The summed E-state index contributed by atoms with van der Waals surface area (Å²) in [6, 6.07) is 0.683. The van der Waals surface area contributed by atoms with Gasteiger partial charge in [0.15, 0.2) is 4.34 Å². The van der Waals surface area contributed by atoms with Gasteiger partial charge in [-0.1, -0.05) is 29.5 Å². The van der Waals surface area contributed by atoms with Crippen molar-refractivity contribution >= 4 is 23.1 Å². The fourth-order valence-electron chi connectivity index (χ4n) is 1.46. The molecule has 1 aliphatic heterocycles. The average molecular weight is 215 g/mol. The van der Waals surface area contributed by atoms with Gasteiger partial charge in [0, 0.05) is 11.8 Å². The number of hydrogen-bond acceptors (Lipinski definition) is 5. The minimum Gasteiger partial charge on any atom is -0.313 e. The summed E-state index contributed by atoms with van der Waals surface area (Å²) in [4.78, 5) is 0. The highest BCUT2D eigenvalue weighted by Crippen LogP contribution is 2.21. The molecule has 0 amide bonds. The Kier molecular flexibility index (Phi) is 3.57. The SMILES string of the molecule is c1nnc(SCC2CCCCN2)s1. The first-order chi connectivity index (χ1) is 6.45. The Morgan fingerprint density at radius 2 is 2.62 bits per heavy atom. The van der Waals surface area contributed by atoms with Gasteiger partial charge in [0.05, 0.1) is 0 Å². The van der Waals surface area contributed by atoms with Crippen molar-refractivity contribution in [2.24, 2.45) is 0 Å². The molecule has 1 saturated heterocycles. The number of aromatic nitrogens is 2. The van der Waals surface area contributed by atoms with Gasteiger partial charge in [-0.05, 0) is 19.4 Å². The van der Waals surface area contributed by atoms with E-state index in [0.29, 0.717) is 6.04 Å². The summed E-state index contributed by atoms with van der Waals surface area (Å²) >= 11 is 3.44.